The molecule has 0 spiro atoms. The van der Waals surface area contributed by atoms with Gasteiger partial charge in [-0.05, 0) is 35.9 Å². The number of rotatable bonds is 1. The van der Waals surface area contributed by atoms with Crippen LogP contribution in [-0.2, 0) is 0 Å². The maximum absolute atomic E-state index is 11.6. The minimum absolute atomic E-state index is 0.0659. The Bertz CT molecular complexity index is 723. The van der Waals surface area contributed by atoms with Gasteiger partial charge in [0.2, 0.25) is 0 Å². The maximum Gasteiger partial charge on any atom is 0.256 e. The van der Waals surface area contributed by atoms with Crippen LogP contribution in [0, 0.1) is 0 Å². The second-order valence-corrected chi connectivity index (χ2v) is 3.83. The molecule has 0 aliphatic heterocycles. The normalized spacial score (nSPS) is 10.8. The van der Waals surface area contributed by atoms with E-state index in [1.807, 2.05) is 6.07 Å². The molecule has 0 saturated heterocycles. The van der Waals surface area contributed by atoms with E-state index in [4.69, 9.17) is 0 Å². The van der Waals surface area contributed by atoms with E-state index in [2.05, 4.69) is 4.98 Å². The highest BCUT2D eigenvalue weighted by molar-refractivity contribution is 5.63. The third-order valence-corrected chi connectivity index (χ3v) is 2.69. The Kier molecular flexibility index (Phi) is 2.01. The lowest BCUT2D eigenvalue weighted by Gasteiger charge is -1.96. The minimum atomic E-state index is -0.0659. The molecular weight excluding hydrogens is 216 g/mol. The number of aromatic amines is 1. The number of hydrogen-bond donors (Lipinski definition) is 2. The fraction of sp³-hybridized carbons (Fsp3) is 0. The van der Waals surface area contributed by atoms with Crippen molar-refractivity contribution in [3.05, 3.63) is 59.0 Å². The number of imidazole rings is 1. The number of aromatic hydroxyl groups is 1. The van der Waals surface area contributed by atoms with Crippen molar-refractivity contribution in [1.29, 1.82) is 0 Å². The van der Waals surface area contributed by atoms with E-state index in [1.165, 1.54) is 6.07 Å². The predicted molar refractivity (Wildman–Crippen MR) is 65.1 cm³/mol. The van der Waals surface area contributed by atoms with Crippen LogP contribution in [-0.4, -0.2) is 14.5 Å². The third-order valence-electron chi connectivity index (χ3n) is 2.69. The number of hydrogen-bond acceptors (Lipinski definition) is 2. The molecule has 2 aromatic heterocycles. The average molecular weight is 226 g/mol. The van der Waals surface area contributed by atoms with Gasteiger partial charge >= 0.3 is 0 Å². The molecule has 84 valence electrons. The van der Waals surface area contributed by atoms with Crippen molar-refractivity contribution in [2.24, 2.45) is 0 Å². The van der Waals surface area contributed by atoms with Crippen molar-refractivity contribution in [2.75, 3.05) is 0 Å². The van der Waals surface area contributed by atoms with E-state index in [0.29, 0.717) is 0 Å². The van der Waals surface area contributed by atoms with E-state index in [9.17, 15) is 9.90 Å². The van der Waals surface area contributed by atoms with Gasteiger partial charge in [0.15, 0.2) is 0 Å². The van der Waals surface area contributed by atoms with Gasteiger partial charge in [0.25, 0.3) is 5.56 Å². The van der Waals surface area contributed by atoms with Crippen molar-refractivity contribution < 1.29 is 5.11 Å². The molecule has 2 N–H and O–H groups in total. The summed E-state index contributed by atoms with van der Waals surface area (Å²) in [6.45, 7) is 0. The summed E-state index contributed by atoms with van der Waals surface area (Å²) in [5.41, 5.74) is 2.45. The predicted octanol–water partition coefficient (Wildman–Crippen LogP) is 2.00. The molecular formula is C13H10N2O2. The number of phenols is 1. The summed E-state index contributed by atoms with van der Waals surface area (Å²) < 4.78 is 1.56. The van der Waals surface area contributed by atoms with Gasteiger partial charge in [-0.25, -0.2) is 0 Å². The molecule has 2 heterocycles. The Labute approximate surface area is 96.8 Å². The van der Waals surface area contributed by atoms with Gasteiger partial charge in [0.1, 0.15) is 11.4 Å². The highest BCUT2D eigenvalue weighted by Gasteiger charge is 2.03. The molecule has 0 unspecified atom stereocenters. The first kappa shape index (κ1) is 9.72. The molecule has 3 rings (SSSR count). The molecule has 0 atom stereocenters. The Balaban J connectivity index is 2.21. The van der Waals surface area contributed by atoms with E-state index >= 15 is 0 Å². The van der Waals surface area contributed by atoms with Crippen LogP contribution in [0.15, 0.2) is 53.5 Å². The zero-order valence-corrected chi connectivity index (χ0v) is 8.92. The summed E-state index contributed by atoms with van der Waals surface area (Å²) in [4.78, 5) is 14.7. The number of benzene rings is 1. The second-order valence-electron chi connectivity index (χ2n) is 3.83. The van der Waals surface area contributed by atoms with E-state index < -0.39 is 0 Å². The first-order chi connectivity index (χ1) is 8.24. The van der Waals surface area contributed by atoms with Crippen LogP contribution >= 0.6 is 0 Å². The molecule has 0 radical (unpaired) electrons. The van der Waals surface area contributed by atoms with Crippen LogP contribution in [0.1, 0.15) is 0 Å². The van der Waals surface area contributed by atoms with Crippen LogP contribution in [0.5, 0.6) is 5.75 Å². The van der Waals surface area contributed by atoms with Gasteiger partial charge in [0, 0.05) is 12.3 Å². The topological polar surface area (TPSA) is 57.5 Å². The molecule has 17 heavy (non-hydrogen) atoms. The zero-order valence-electron chi connectivity index (χ0n) is 8.92. The fourth-order valence-corrected chi connectivity index (χ4v) is 1.82. The number of fused-ring (bicyclic) bond motifs is 1. The van der Waals surface area contributed by atoms with Crippen molar-refractivity contribution in [2.45, 2.75) is 0 Å². The minimum Gasteiger partial charge on any atom is -0.508 e. The number of nitrogens with zero attached hydrogens (tertiary/aromatic N) is 1. The summed E-state index contributed by atoms with van der Waals surface area (Å²) in [6, 6.07) is 11.9. The van der Waals surface area contributed by atoms with Crippen LogP contribution in [0.2, 0.25) is 0 Å². The Morgan fingerprint density at radius 2 is 1.82 bits per heavy atom. The van der Waals surface area contributed by atoms with Crippen LogP contribution in [0.4, 0.5) is 0 Å². The van der Waals surface area contributed by atoms with Gasteiger partial charge in [-0.1, -0.05) is 6.07 Å². The van der Waals surface area contributed by atoms with Crippen molar-refractivity contribution in [1.82, 2.24) is 9.38 Å². The van der Waals surface area contributed by atoms with Crippen LogP contribution in [0.25, 0.3) is 16.9 Å². The Hall–Kier alpha value is -2.49. The summed E-state index contributed by atoms with van der Waals surface area (Å²) in [5, 5.41) is 9.22. The number of H-pyrrole nitrogens is 1. The van der Waals surface area contributed by atoms with Gasteiger partial charge in [0.05, 0.1) is 5.69 Å². The lowest BCUT2D eigenvalue weighted by atomic mass is 10.2. The molecule has 1 aromatic carbocycles. The summed E-state index contributed by atoms with van der Waals surface area (Å²) in [6.07, 6.45) is 1.75. The standard InChI is InChI=1S/C13H10N2O2/c16-10-6-4-9(5-7-10)11-8-15-12(14-11)2-1-3-13(15)17/h1-8,14,16H. The van der Waals surface area contributed by atoms with Gasteiger partial charge in [-0.2, -0.15) is 0 Å². The van der Waals surface area contributed by atoms with Crippen LogP contribution in [0.3, 0.4) is 0 Å². The largest absolute Gasteiger partial charge is 0.508 e. The molecule has 0 amide bonds. The van der Waals surface area contributed by atoms with E-state index in [-0.39, 0.29) is 11.3 Å². The average Bonchev–Trinajstić information content (AvgIpc) is 2.75. The third kappa shape index (κ3) is 1.59. The Morgan fingerprint density at radius 1 is 1.06 bits per heavy atom. The van der Waals surface area contributed by atoms with Gasteiger partial charge < -0.3 is 10.1 Å². The lowest BCUT2D eigenvalue weighted by molar-refractivity contribution is 0.475. The summed E-state index contributed by atoms with van der Waals surface area (Å²) in [7, 11) is 0. The highest BCUT2D eigenvalue weighted by atomic mass is 16.3. The first-order valence-electron chi connectivity index (χ1n) is 5.24. The molecule has 4 heteroatoms. The van der Waals surface area contributed by atoms with Gasteiger partial charge in [-0.15, -0.1) is 0 Å². The Morgan fingerprint density at radius 3 is 2.53 bits per heavy atom. The summed E-state index contributed by atoms with van der Waals surface area (Å²) >= 11 is 0. The fourth-order valence-electron chi connectivity index (χ4n) is 1.82. The van der Waals surface area contributed by atoms with E-state index in [1.54, 1.807) is 40.9 Å². The molecule has 4 nitrogen and oxygen atoms in total. The molecule has 0 aliphatic rings. The SMILES string of the molecule is O=c1cccc2[nH]c(-c3ccc(O)cc3)cn12. The van der Waals surface area contributed by atoms with Gasteiger partial charge in [-0.3, -0.25) is 9.20 Å². The molecule has 3 aromatic rings. The molecule has 0 bridgehead atoms. The van der Waals surface area contributed by atoms with Crippen molar-refractivity contribution >= 4 is 5.65 Å². The van der Waals surface area contributed by atoms with Crippen molar-refractivity contribution in [3.63, 3.8) is 0 Å². The first-order valence-corrected chi connectivity index (χ1v) is 5.24. The second kappa shape index (κ2) is 3.52. The molecule has 0 aliphatic carbocycles. The van der Waals surface area contributed by atoms with E-state index in [0.717, 1.165) is 16.9 Å². The highest BCUT2D eigenvalue weighted by Crippen LogP contribution is 2.20. The number of phenolic OH excluding ortho intramolecular Hbond substituents is 1. The zero-order chi connectivity index (χ0) is 11.8. The monoisotopic (exact) mass is 226 g/mol. The molecule has 0 saturated carbocycles. The lowest BCUT2D eigenvalue weighted by Crippen LogP contribution is -2.08. The maximum atomic E-state index is 11.6. The number of pyridine rings is 1. The molecule has 0 fully saturated rings. The smallest absolute Gasteiger partial charge is 0.256 e. The van der Waals surface area contributed by atoms with Crippen molar-refractivity contribution in [3.8, 4) is 17.0 Å². The summed E-state index contributed by atoms with van der Waals surface area (Å²) in [5.74, 6) is 0.224. The number of aromatic nitrogens is 2. The quantitative estimate of drug-likeness (QED) is 0.666. The van der Waals surface area contributed by atoms with Crippen LogP contribution < -0.4 is 5.56 Å². The number of nitrogens with one attached hydrogen (secondary N) is 1.